The number of benzene rings is 2. The zero-order chi connectivity index (χ0) is 13.4. The van der Waals surface area contributed by atoms with Gasteiger partial charge in [0.1, 0.15) is 5.82 Å². The first kappa shape index (κ1) is 12.2. The van der Waals surface area contributed by atoms with Crippen LogP contribution in [0.15, 0.2) is 36.4 Å². The van der Waals surface area contributed by atoms with Gasteiger partial charge in [0.05, 0.1) is 15.2 Å². The van der Waals surface area contributed by atoms with Crippen LogP contribution in [-0.4, -0.2) is 4.98 Å². The minimum absolute atomic E-state index is 0.0790. The molecule has 0 aliphatic heterocycles. The number of rotatable bonds is 2. The van der Waals surface area contributed by atoms with Gasteiger partial charge in [0.2, 0.25) is 0 Å². The number of nitrogen functional groups attached to an aromatic ring is 1. The van der Waals surface area contributed by atoms with Crippen molar-refractivity contribution in [3.8, 4) is 0 Å². The van der Waals surface area contributed by atoms with Crippen LogP contribution < -0.4 is 11.1 Å². The molecule has 3 aromatic rings. The van der Waals surface area contributed by atoms with Crippen molar-refractivity contribution in [3.05, 3.63) is 47.2 Å². The molecule has 0 saturated carbocycles. The number of hydrogen-bond acceptors (Lipinski definition) is 4. The summed E-state index contributed by atoms with van der Waals surface area (Å²) in [4.78, 5) is 4.42. The Morgan fingerprint density at radius 3 is 2.84 bits per heavy atom. The molecule has 3 rings (SSSR count). The third kappa shape index (κ3) is 2.47. The summed E-state index contributed by atoms with van der Waals surface area (Å²) in [6.45, 7) is 0. The van der Waals surface area contributed by atoms with Crippen molar-refractivity contribution in [1.29, 1.82) is 0 Å². The molecule has 0 fully saturated rings. The van der Waals surface area contributed by atoms with E-state index in [0.717, 1.165) is 10.2 Å². The van der Waals surface area contributed by atoms with Gasteiger partial charge >= 0.3 is 0 Å². The molecule has 19 heavy (non-hydrogen) atoms. The van der Waals surface area contributed by atoms with Crippen LogP contribution in [0.3, 0.4) is 0 Å². The van der Waals surface area contributed by atoms with Gasteiger partial charge in [0, 0.05) is 11.4 Å². The van der Waals surface area contributed by atoms with E-state index in [9.17, 15) is 4.39 Å². The van der Waals surface area contributed by atoms with Gasteiger partial charge in [-0.3, -0.25) is 0 Å². The number of anilines is 3. The zero-order valence-corrected chi connectivity index (χ0v) is 11.2. The molecule has 1 heterocycles. The van der Waals surface area contributed by atoms with Gasteiger partial charge in [0.15, 0.2) is 5.13 Å². The number of hydrogen-bond donors (Lipinski definition) is 2. The van der Waals surface area contributed by atoms with Gasteiger partial charge in [-0.05, 0) is 36.4 Å². The number of aromatic nitrogens is 1. The number of nitrogens with one attached hydrogen (secondary N) is 1. The first-order valence-electron chi connectivity index (χ1n) is 5.50. The third-order valence-electron chi connectivity index (χ3n) is 2.58. The number of nitrogens with zero attached hydrogens (tertiary/aromatic N) is 1. The van der Waals surface area contributed by atoms with Gasteiger partial charge < -0.3 is 11.1 Å². The molecule has 0 unspecified atom stereocenters. The van der Waals surface area contributed by atoms with Crippen LogP contribution in [-0.2, 0) is 0 Å². The van der Waals surface area contributed by atoms with E-state index in [1.165, 1.54) is 23.5 Å². The number of halogens is 2. The lowest BCUT2D eigenvalue weighted by molar-refractivity contribution is 0.628. The summed E-state index contributed by atoms with van der Waals surface area (Å²) in [6.07, 6.45) is 0. The quantitative estimate of drug-likeness (QED) is 0.688. The van der Waals surface area contributed by atoms with Crippen LogP contribution >= 0.6 is 22.9 Å². The molecule has 0 radical (unpaired) electrons. The molecular formula is C13H9ClFN3S. The zero-order valence-electron chi connectivity index (χ0n) is 9.65. The Morgan fingerprint density at radius 2 is 2.05 bits per heavy atom. The molecule has 0 spiro atoms. The van der Waals surface area contributed by atoms with E-state index in [0.29, 0.717) is 16.5 Å². The highest BCUT2D eigenvalue weighted by atomic mass is 35.5. The molecule has 3 nitrogen and oxygen atoms in total. The van der Waals surface area contributed by atoms with E-state index in [-0.39, 0.29) is 5.02 Å². The van der Waals surface area contributed by atoms with E-state index in [2.05, 4.69) is 10.3 Å². The summed E-state index contributed by atoms with van der Waals surface area (Å²) >= 11 is 7.21. The standard InChI is InChI=1S/C13H9ClFN3S/c14-9-6-8(2-3-10(9)15)17-13-18-11-4-1-7(16)5-12(11)19-13/h1-6H,16H2,(H,17,18). The average Bonchev–Trinajstić information content (AvgIpc) is 2.75. The fraction of sp³-hybridized carbons (Fsp3) is 0. The van der Waals surface area contributed by atoms with Gasteiger partial charge in [-0.25, -0.2) is 9.37 Å². The van der Waals surface area contributed by atoms with Gasteiger partial charge in [-0.15, -0.1) is 0 Å². The molecule has 0 aliphatic carbocycles. The molecule has 6 heteroatoms. The molecular weight excluding hydrogens is 285 g/mol. The SMILES string of the molecule is Nc1ccc2nc(Nc3ccc(F)c(Cl)c3)sc2c1. The average molecular weight is 294 g/mol. The smallest absolute Gasteiger partial charge is 0.188 e. The predicted octanol–water partition coefficient (Wildman–Crippen LogP) is 4.41. The van der Waals surface area contributed by atoms with Gasteiger partial charge in [-0.1, -0.05) is 22.9 Å². The van der Waals surface area contributed by atoms with Crippen molar-refractivity contribution >= 4 is 49.7 Å². The Balaban J connectivity index is 1.94. The van der Waals surface area contributed by atoms with Crippen molar-refractivity contribution in [3.63, 3.8) is 0 Å². The van der Waals surface area contributed by atoms with E-state index in [1.54, 1.807) is 12.1 Å². The second-order valence-electron chi connectivity index (χ2n) is 4.00. The van der Waals surface area contributed by atoms with Crippen molar-refractivity contribution in [1.82, 2.24) is 4.98 Å². The summed E-state index contributed by atoms with van der Waals surface area (Å²) in [5.41, 5.74) is 7.99. The van der Waals surface area contributed by atoms with Crippen LogP contribution in [0, 0.1) is 5.82 Å². The highest BCUT2D eigenvalue weighted by molar-refractivity contribution is 7.22. The monoisotopic (exact) mass is 293 g/mol. The minimum Gasteiger partial charge on any atom is -0.399 e. The molecule has 0 aliphatic rings. The highest BCUT2D eigenvalue weighted by Crippen LogP contribution is 2.30. The van der Waals surface area contributed by atoms with Crippen LogP contribution in [0.5, 0.6) is 0 Å². The van der Waals surface area contributed by atoms with Crippen molar-refractivity contribution < 1.29 is 4.39 Å². The maximum atomic E-state index is 13.1. The first-order valence-corrected chi connectivity index (χ1v) is 6.69. The minimum atomic E-state index is -0.440. The van der Waals surface area contributed by atoms with Crippen molar-refractivity contribution in [2.75, 3.05) is 11.1 Å². The van der Waals surface area contributed by atoms with Crippen LogP contribution in [0.4, 0.5) is 20.9 Å². The van der Waals surface area contributed by atoms with Gasteiger partial charge in [-0.2, -0.15) is 0 Å². The molecule has 1 aromatic heterocycles. The summed E-state index contributed by atoms with van der Waals surface area (Å²) in [5.74, 6) is -0.440. The Kier molecular flexibility index (Phi) is 3.00. The highest BCUT2D eigenvalue weighted by Gasteiger charge is 2.06. The molecule has 2 aromatic carbocycles. The number of nitrogens with two attached hydrogens (primary N) is 1. The van der Waals surface area contributed by atoms with Crippen LogP contribution in [0.25, 0.3) is 10.2 Å². The van der Waals surface area contributed by atoms with Crippen LogP contribution in [0.2, 0.25) is 5.02 Å². The lowest BCUT2D eigenvalue weighted by Gasteiger charge is -2.02. The summed E-state index contributed by atoms with van der Waals surface area (Å²) in [6, 6.07) is 10.00. The maximum Gasteiger partial charge on any atom is 0.188 e. The molecule has 3 N–H and O–H groups in total. The number of fused-ring (bicyclic) bond motifs is 1. The van der Waals surface area contributed by atoms with Crippen molar-refractivity contribution in [2.24, 2.45) is 0 Å². The Morgan fingerprint density at radius 1 is 1.21 bits per heavy atom. The van der Waals surface area contributed by atoms with Crippen LogP contribution in [0.1, 0.15) is 0 Å². The second-order valence-corrected chi connectivity index (χ2v) is 5.44. The van der Waals surface area contributed by atoms with E-state index in [1.807, 2.05) is 12.1 Å². The molecule has 0 amide bonds. The molecule has 96 valence electrons. The van der Waals surface area contributed by atoms with E-state index < -0.39 is 5.82 Å². The first-order chi connectivity index (χ1) is 9.11. The Labute approximate surface area is 117 Å². The normalized spacial score (nSPS) is 10.8. The third-order valence-corrected chi connectivity index (χ3v) is 3.81. The fourth-order valence-corrected chi connectivity index (χ4v) is 2.81. The fourth-order valence-electron chi connectivity index (χ4n) is 1.69. The Bertz CT molecular complexity index is 757. The molecule has 0 saturated heterocycles. The summed E-state index contributed by atoms with van der Waals surface area (Å²) in [5, 5.41) is 3.89. The van der Waals surface area contributed by atoms with E-state index >= 15 is 0 Å². The van der Waals surface area contributed by atoms with Crippen molar-refractivity contribution in [2.45, 2.75) is 0 Å². The molecule has 0 atom stereocenters. The van der Waals surface area contributed by atoms with Gasteiger partial charge in [0.25, 0.3) is 0 Å². The summed E-state index contributed by atoms with van der Waals surface area (Å²) in [7, 11) is 0. The maximum absolute atomic E-state index is 13.1. The van der Waals surface area contributed by atoms with E-state index in [4.69, 9.17) is 17.3 Å². The summed E-state index contributed by atoms with van der Waals surface area (Å²) < 4.78 is 14.1. The predicted molar refractivity (Wildman–Crippen MR) is 78.7 cm³/mol. The molecule has 0 bridgehead atoms. The number of thiazole rings is 1. The largest absolute Gasteiger partial charge is 0.399 e. The Hall–Kier alpha value is -1.85. The topological polar surface area (TPSA) is 50.9 Å². The lowest BCUT2D eigenvalue weighted by Crippen LogP contribution is -1.89. The second kappa shape index (κ2) is 4.68. The lowest BCUT2D eigenvalue weighted by atomic mass is 10.3.